The van der Waals surface area contributed by atoms with E-state index in [9.17, 15) is 4.79 Å². The Labute approximate surface area is 153 Å². The Kier molecular flexibility index (Phi) is 4.65. The summed E-state index contributed by atoms with van der Waals surface area (Å²) in [5, 5.41) is 15.2. The summed E-state index contributed by atoms with van der Waals surface area (Å²) in [7, 11) is 0. The maximum absolute atomic E-state index is 12.5. The van der Waals surface area contributed by atoms with Crippen LogP contribution in [0.15, 0.2) is 54.9 Å². The van der Waals surface area contributed by atoms with E-state index in [0.717, 1.165) is 23.4 Å². The van der Waals surface area contributed by atoms with Gasteiger partial charge in [-0.25, -0.2) is 4.98 Å². The van der Waals surface area contributed by atoms with Crippen LogP contribution in [0.4, 0.5) is 0 Å². The number of thiazole rings is 1. The molecule has 2 aromatic carbocycles. The molecule has 0 atom stereocenters. The molecule has 130 valence electrons. The summed E-state index contributed by atoms with van der Waals surface area (Å²) >= 11 is 1.70. The van der Waals surface area contributed by atoms with Crippen LogP contribution in [0, 0.1) is 0 Å². The highest BCUT2D eigenvalue weighted by Crippen LogP contribution is 2.22. The Morgan fingerprint density at radius 1 is 1.12 bits per heavy atom. The molecule has 26 heavy (non-hydrogen) atoms. The van der Waals surface area contributed by atoms with Gasteiger partial charge in [-0.15, -0.1) is 16.4 Å². The van der Waals surface area contributed by atoms with Crippen molar-refractivity contribution in [3.8, 4) is 5.69 Å². The molecule has 0 fully saturated rings. The topological polar surface area (TPSA) is 85.6 Å². The molecule has 1 amide bonds. The molecule has 0 bridgehead atoms. The largest absolute Gasteiger partial charge is 0.352 e. The fourth-order valence-electron chi connectivity index (χ4n) is 2.70. The van der Waals surface area contributed by atoms with E-state index < -0.39 is 0 Å². The third-order valence-corrected chi connectivity index (χ3v) is 5.03. The highest BCUT2D eigenvalue weighted by atomic mass is 32.1. The van der Waals surface area contributed by atoms with Crippen LogP contribution in [0.5, 0.6) is 0 Å². The summed E-state index contributed by atoms with van der Waals surface area (Å²) in [5.41, 5.74) is 2.23. The number of benzene rings is 2. The van der Waals surface area contributed by atoms with Crippen molar-refractivity contribution in [2.45, 2.75) is 12.8 Å². The van der Waals surface area contributed by atoms with E-state index in [1.54, 1.807) is 17.4 Å². The molecule has 4 rings (SSSR count). The molecule has 0 saturated carbocycles. The molecule has 0 unspecified atom stereocenters. The number of hydrogen-bond acceptors (Lipinski definition) is 6. The van der Waals surface area contributed by atoms with Crippen LogP contribution in [0.1, 0.15) is 21.8 Å². The van der Waals surface area contributed by atoms with Crippen LogP contribution >= 0.6 is 11.3 Å². The highest BCUT2D eigenvalue weighted by molar-refractivity contribution is 7.18. The second kappa shape index (κ2) is 7.40. The van der Waals surface area contributed by atoms with Gasteiger partial charge in [-0.2, -0.15) is 4.68 Å². The lowest BCUT2D eigenvalue weighted by Gasteiger charge is -2.09. The monoisotopic (exact) mass is 364 g/mol. The quantitative estimate of drug-likeness (QED) is 0.532. The van der Waals surface area contributed by atoms with Crippen LogP contribution in [0.2, 0.25) is 0 Å². The third kappa shape index (κ3) is 3.45. The Balaban J connectivity index is 1.36. The van der Waals surface area contributed by atoms with E-state index in [4.69, 9.17) is 0 Å². The standard InChI is InChI=1S/C18H16N6OS/c25-18(13-6-1-3-8-15(13)24-12-20-22-23-24)19-11-5-10-17-21-14-7-2-4-9-16(14)26-17/h1-4,6-9,12H,5,10-11H2,(H,19,25). The minimum Gasteiger partial charge on any atom is -0.352 e. The van der Waals surface area contributed by atoms with E-state index in [-0.39, 0.29) is 5.91 Å². The number of aromatic nitrogens is 5. The molecule has 0 spiro atoms. The SMILES string of the molecule is O=C(NCCCc1nc2ccccc2s1)c1ccccc1-n1cnnn1. The first-order chi connectivity index (χ1) is 12.8. The number of hydrogen-bond donors (Lipinski definition) is 1. The average Bonchev–Trinajstić information content (AvgIpc) is 3.34. The summed E-state index contributed by atoms with van der Waals surface area (Å²) in [4.78, 5) is 17.1. The molecule has 7 nitrogen and oxygen atoms in total. The summed E-state index contributed by atoms with van der Waals surface area (Å²) in [6, 6.07) is 15.4. The predicted octanol–water partition coefficient (Wildman–Crippen LogP) is 2.63. The number of tetrazole rings is 1. The zero-order valence-electron chi connectivity index (χ0n) is 13.9. The predicted molar refractivity (Wildman–Crippen MR) is 99.4 cm³/mol. The van der Waals surface area contributed by atoms with Crippen molar-refractivity contribution >= 4 is 27.5 Å². The van der Waals surface area contributed by atoms with Crippen LogP contribution in [0.25, 0.3) is 15.9 Å². The first-order valence-electron chi connectivity index (χ1n) is 8.26. The summed E-state index contributed by atoms with van der Waals surface area (Å²) in [6.45, 7) is 0.582. The number of aryl methyl sites for hydroxylation is 1. The number of carbonyl (C=O) groups excluding carboxylic acids is 1. The lowest BCUT2D eigenvalue weighted by atomic mass is 10.1. The molecule has 0 saturated heterocycles. The minimum absolute atomic E-state index is 0.139. The van der Waals surface area contributed by atoms with E-state index >= 15 is 0 Å². The molecular formula is C18H16N6OS. The number of nitrogens with one attached hydrogen (secondary N) is 1. The van der Waals surface area contributed by atoms with Gasteiger partial charge < -0.3 is 5.32 Å². The van der Waals surface area contributed by atoms with Crippen molar-refractivity contribution in [2.75, 3.05) is 6.54 Å². The first kappa shape index (κ1) is 16.3. The average molecular weight is 364 g/mol. The van der Waals surface area contributed by atoms with E-state index in [1.807, 2.05) is 36.4 Å². The van der Waals surface area contributed by atoms with Crippen molar-refractivity contribution < 1.29 is 4.79 Å². The van der Waals surface area contributed by atoms with Crippen LogP contribution in [0.3, 0.4) is 0 Å². The van der Waals surface area contributed by atoms with Gasteiger partial charge >= 0.3 is 0 Å². The zero-order valence-corrected chi connectivity index (χ0v) is 14.7. The number of nitrogens with zero attached hydrogens (tertiary/aromatic N) is 5. The fourth-order valence-corrected chi connectivity index (χ4v) is 3.71. The minimum atomic E-state index is -0.139. The number of rotatable bonds is 6. The number of amides is 1. The van der Waals surface area contributed by atoms with Gasteiger partial charge in [0.25, 0.3) is 5.91 Å². The van der Waals surface area contributed by atoms with Crippen LogP contribution in [-0.2, 0) is 6.42 Å². The van der Waals surface area contributed by atoms with Crippen LogP contribution in [-0.4, -0.2) is 37.6 Å². The van der Waals surface area contributed by atoms with Crippen molar-refractivity contribution in [1.82, 2.24) is 30.5 Å². The van der Waals surface area contributed by atoms with E-state index in [2.05, 4.69) is 31.9 Å². The van der Waals surface area contributed by atoms with E-state index in [1.165, 1.54) is 15.7 Å². The lowest BCUT2D eigenvalue weighted by molar-refractivity contribution is 0.0953. The molecule has 0 aliphatic carbocycles. The van der Waals surface area contributed by atoms with Gasteiger partial charge in [0.2, 0.25) is 0 Å². The van der Waals surface area contributed by atoms with Gasteiger partial charge in [0.15, 0.2) is 0 Å². The van der Waals surface area contributed by atoms with Crippen LogP contribution < -0.4 is 5.32 Å². The first-order valence-corrected chi connectivity index (χ1v) is 9.08. The number of carbonyl (C=O) groups is 1. The second-order valence-corrected chi connectivity index (χ2v) is 6.82. The molecule has 2 aromatic heterocycles. The van der Waals surface area contributed by atoms with E-state index in [0.29, 0.717) is 17.8 Å². The summed E-state index contributed by atoms with van der Waals surface area (Å²) in [6.07, 6.45) is 3.14. The lowest BCUT2D eigenvalue weighted by Crippen LogP contribution is -2.26. The maximum Gasteiger partial charge on any atom is 0.253 e. The number of para-hydroxylation sites is 2. The Hall–Kier alpha value is -3.13. The third-order valence-electron chi connectivity index (χ3n) is 3.94. The molecule has 0 aliphatic heterocycles. The van der Waals surface area contributed by atoms with Gasteiger partial charge in [-0.3, -0.25) is 4.79 Å². The van der Waals surface area contributed by atoms with Gasteiger partial charge in [0.1, 0.15) is 6.33 Å². The van der Waals surface area contributed by atoms with Gasteiger partial charge in [-0.1, -0.05) is 24.3 Å². The van der Waals surface area contributed by atoms with Crippen molar-refractivity contribution in [2.24, 2.45) is 0 Å². The maximum atomic E-state index is 12.5. The molecule has 1 N–H and O–H groups in total. The molecule has 4 aromatic rings. The van der Waals surface area contributed by atoms with Gasteiger partial charge in [-0.05, 0) is 41.1 Å². The molecule has 0 aliphatic rings. The van der Waals surface area contributed by atoms with Gasteiger partial charge in [0.05, 0.1) is 26.5 Å². The zero-order chi connectivity index (χ0) is 17.8. The normalized spacial score (nSPS) is 10.9. The Morgan fingerprint density at radius 3 is 2.81 bits per heavy atom. The molecular weight excluding hydrogens is 348 g/mol. The molecule has 8 heteroatoms. The van der Waals surface area contributed by atoms with Gasteiger partial charge in [0, 0.05) is 13.0 Å². The molecule has 0 radical (unpaired) electrons. The molecule has 2 heterocycles. The summed E-state index contributed by atoms with van der Waals surface area (Å²) < 4.78 is 2.68. The number of fused-ring (bicyclic) bond motifs is 1. The smallest absolute Gasteiger partial charge is 0.253 e. The van der Waals surface area contributed by atoms with Crippen molar-refractivity contribution in [1.29, 1.82) is 0 Å². The summed E-state index contributed by atoms with van der Waals surface area (Å²) in [5.74, 6) is -0.139. The van der Waals surface area contributed by atoms with Crippen molar-refractivity contribution in [3.05, 3.63) is 65.4 Å². The Bertz CT molecular complexity index is 994. The fraction of sp³-hybridized carbons (Fsp3) is 0.167. The van der Waals surface area contributed by atoms with Crippen molar-refractivity contribution in [3.63, 3.8) is 0 Å². The Morgan fingerprint density at radius 2 is 1.96 bits per heavy atom. The highest BCUT2D eigenvalue weighted by Gasteiger charge is 2.12. The second-order valence-electron chi connectivity index (χ2n) is 5.71.